The number of amides is 1. The number of aryl methyl sites for hydroxylation is 1. The first-order chi connectivity index (χ1) is 10.7. The Morgan fingerprint density at radius 1 is 0.957 bits per heavy atom. The van der Waals surface area contributed by atoms with Gasteiger partial charge in [-0.05, 0) is 50.1 Å². The molecule has 0 spiro atoms. The summed E-state index contributed by atoms with van der Waals surface area (Å²) < 4.78 is 26.6. The van der Waals surface area contributed by atoms with Gasteiger partial charge in [-0.25, -0.2) is 13.1 Å². The molecular weight excluding hydrogens is 314 g/mol. The Kier molecular flexibility index (Phi) is 4.65. The van der Waals surface area contributed by atoms with Crippen LogP contribution in [0.2, 0.25) is 0 Å². The second-order valence-electron chi connectivity index (χ2n) is 5.26. The second-order valence-corrected chi connectivity index (χ2v) is 6.95. The van der Waals surface area contributed by atoms with Gasteiger partial charge in [0.25, 0.3) is 15.9 Å². The van der Waals surface area contributed by atoms with E-state index in [4.69, 9.17) is 0 Å². The molecule has 1 amide bonds. The molecule has 0 aromatic heterocycles. The maximum atomic E-state index is 12.3. The van der Waals surface area contributed by atoms with Gasteiger partial charge in [-0.1, -0.05) is 24.3 Å². The average molecular weight is 331 g/mol. The zero-order chi connectivity index (χ0) is 17.2. The summed E-state index contributed by atoms with van der Waals surface area (Å²) in [6, 6.07) is 10.6. The van der Waals surface area contributed by atoms with E-state index >= 15 is 0 Å². The molecule has 0 heterocycles. The third-order valence-electron chi connectivity index (χ3n) is 3.65. The molecule has 2 rings (SSSR count). The monoisotopic (exact) mass is 331 g/mol. The quantitative estimate of drug-likeness (QED) is 0.873. The van der Waals surface area contributed by atoms with Crippen molar-refractivity contribution in [2.24, 2.45) is 0 Å². The fourth-order valence-corrected chi connectivity index (χ4v) is 3.07. The number of sulfonamides is 1. The van der Waals surface area contributed by atoms with Crippen LogP contribution in [-0.4, -0.2) is 20.1 Å². The average Bonchev–Trinajstić information content (AvgIpc) is 2.49. The molecule has 0 aliphatic carbocycles. The first-order valence-corrected chi connectivity index (χ1v) is 8.45. The number of rotatable bonds is 4. The van der Waals surface area contributed by atoms with E-state index in [9.17, 15) is 18.0 Å². The number of hydrogen-bond donors (Lipinski definition) is 1. The molecule has 2 aromatic carbocycles. The maximum Gasteiger partial charge on any atom is 0.265 e. The molecule has 5 nitrogen and oxygen atoms in total. The van der Waals surface area contributed by atoms with Crippen molar-refractivity contribution in [1.82, 2.24) is 4.72 Å². The lowest BCUT2D eigenvalue weighted by atomic mass is 10.0. The van der Waals surface area contributed by atoms with E-state index in [0.717, 1.165) is 11.1 Å². The van der Waals surface area contributed by atoms with Crippen LogP contribution in [0.25, 0.3) is 0 Å². The van der Waals surface area contributed by atoms with E-state index in [1.54, 1.807) is 19.1 Å². The lowest BCUT2D eigenvalue weighted by molar-refractivity contribution is 0.0978. The summed E-state index contributed by atoms with van der Waals surface area (Å²) in [6.07, 6.45) is 0. The maximum absolute atomic E-state index is 12.3. The largest absolute Gasteiger partial charge is 0.295 e. The van der Waals surface area contributed by atoms with Crippen LogP contribution in [0.3, 0.4) is 0 Å². The molecule has 23 heavy (non-hydrogen) atoms. The van der Waals surface area contributed by atoms with Gasteiger partial charge in [0.1, 0.15) is 0 Å². The van der Waals surface area contributed by atoms with Gasteiger partial charge >= 0.3 is 0 Å². The summed E-state index contributed by atoms with van der Waals surface area (Å²) in [7, 11) is -3.99. The SMILES string of the molecule is CC(=O)c1ccc(S(=O)(=O)NC(=O)c2cccc(C)c2C)cc1. The van der Waals surface area contributed by atoms with Gasteiger partial charge in [0, 0.05) is 11.1 Å². The van der Waals surface area contributed by atoms with Crippen molar-refractivity contribution in [3.05, 3.63) is 64.7 Å². The number of carbonyl (C=O) groups is 2. The van der Waals surface area contributed by atoms with Gasteiger partial charge in [-0.3, -0.25) is 9.59 Å². The van der Waals surface area contributed by atoms with Crippen molar-refractivity contribution < 1.29 is 18.0 Å². The van der Waals surface area contributed by atoms with Crippen LogP contribution in [0.4, 0.5) is 0 Å². The van der Waals surface area contributed by atoms with Crippen LogP contribution < -0.4 is 4.72 Å². The molecular formula is C17H17NO4S. The molecule has 120 valence electrons. The molecule has 0 atom stereocenters. The fourth-order valence-electron chi connectivity index (χ4n) is 2.10. The molecule has 1 N–H and O–H groups in total. The lowest BCUT2D eigenvalue weighted by Crippen LogP contribution is -2.31. The summed E-state index contributed by atoms with van der Waals surface area (Å²) in [6.45, 7) is 5.01. The molecule has 2 aromatic rings. The Bertz CT molecular complexity index is 868. The molecule has 0 saturated carbocycles. The highest BCUT2D eigenvalue weighted by molar-refractivity contribution is 7.90. The van der Waals surface area contributed by atoms with Crippen LogP contribution in [0.5, 0.6) is 0 Å². The second kappa shape index (κ2) is 6.34. The minimum atomic E-state index is -3.99. The molecule has 0 radical (unpaired) electrons. The van der Waals surface area contributed by atoms with E-state index in [-0.39, 0.29) is 10.7 Å². The van der Waals surface area contributed by atoms with Crippen molar-refractivity contribution in [2.75, 3.05) is 0 Å². The third-order valence-corrected chi connectivity index (χ3v) is 4.99. The third kappa shape index (κ3) is 3.65. The van der Waals surface area contributed by atoms with Crippen molar-refractivity contribution in [3.8, 4) is 0 Å². The predicted octanol–water partition coefficient (Wildman–Crippen LogP) is 2.62. The summed E-state index contributed by atoms with van der Waals surface area (Å²) >= 11 is 0. The van der Waals surface area contributed by atoms with Crippen LogP contribution in [-0.2, 0) is 10.0 Å². The fraction of sp³-hybridized carbons (Fsp3) is 0.176. The number of carbonyl (C=O) groups excluding carboxylic acids is 2. The molecule has 0 saturated heterocycles. The normalized spacial score (nSPS) is 11.1. The lowest BCUT2D eigenvalue weighted by Gasteiger charge is -2.10. The van der Waals surface area contributed by atoms with Gasteiger partial charge < -0.3 is 0 Å². The molecule has 0 bridgehead atoms. The Labute approximate surface area is 135 Å². The minimum Gasteiger partial charge on any atom is -0.295 e. The van der Waals surface area contributed by atoms with Gasteiger partial charge in [-0.2, -0.15) is 0 Å². The van der Waals surface area contributed by atoms with Crippen LogP contribution in [0, 0.1) is 13.8 Å². The Hall–Kier alpha value is -2.47. The highest BCUT2D eigenvalue weighted by Crippen LogP contribution is 2.15. The smallest absolute Gasteiger partial charge is 0.265 e. The highest BCUT2D eigenvalue weighted by Gasteiger charge is 2.20. The minimum absolute atomic E-state index is 0.0684. The molecule has 0 unspecified atom stereocenters. The number of benzene rings is 2. The molecule has 6 heteroatoms. The highest BCUT2D eigenvalue weighted by atomic mass is 32.2. The summed E-state index contributed by atoms with van der Waals surface area (Å²) in [5.41, 5.74) is 2.35. The molecule has 0 aliphatic rings. The Morgan fingerprint density at radius 2 is 1.57 bits per heavy atom. The Morgan fingerprint density at radius 3 is 2.13 bits per heavy atom. The van der Waals surface area contributed by atoms with E-state index in [2.05, 4.69) is 4.72 Å². The van der Waals surface area contributed by atoms with Gasteiger partial charge in [0.15, 0.2) is 5.78 Å². The summed E-state index contributed by atoms with van der Waals surface area (Å²) in [5, 5.41) is 0. The number of Topliss-reactive ketones (excluding diaryl/α,β-unsaturated/α-hetero) is 1. The number of ketones is 1. The van der Waals surface area contributed by atoms with E-state index in [0.29, 0.717) is 11.1 Å². The first-order valence-electron chi connectivity index (χ1n) is 6.97. The van der Waals surface area contributed by atoms with E-state index in [1.165, 1.54) is 31.2 Å². The zero-order valence-electron chi connectivity index (χ0n) is 13.1. The van der Waals surface area contributed by atoms with Crippen LogP contribution in [0.1, 0.15) is 38.8 Å². The van der Waals surface area contributed by atoms with Crippen molar-refractivity contribution >= 4 is 21.7 Å². The summed E-state index contributed by atoms with van der Waals surface area (Å²) in [5.74, 6) is -0.838. The molecule has 0 aliphatic heterocycles. The molecule has 0 fully saturated rings. The van der Waals surface area contributed by atoms with Gasteiger partial charge in [0.05, 0.1) is 4.90 Å². The number of hydrogen-bond acceptors (Lipinski definition) is 4. The van der Waals surface area contributed by atoms with E-state index < -0.39 is 15.9 Å². The standard InChI is InChI=1S/C17H17NO4S/c1-11-5-4-6-16(12(11)2)17(20)18-23(21,22)15-9-7-14(8-10-15)13(3)19/h4-10H,1-3H3,(H,18,20). The van der Waals surface area contributed by atoms with Gasteiger partial charge in [-0.15, -0.1) is 0 Å². The zero-order valence-corrected chi connectivity index (χ0v) is 13.9. The van der Waals surface area contributed by atoms with Crippen molar-refractivity contribution in [1.29, 1.82) is 0 Å². The van der Waals surface area contributed by atoms with Crippen molar-refractivity contribution in [3.63, 3.8) is 0 Å². The van der Waals surface area contributed by atoms with E-state index in [1.807, 2.05) is 13.0 Å². The Balaban J connectivity index is 2.29. The first kappa shape index (κ1) is 16.9. The topological polar surface area (TPSA) is 80.3 Å². The predicted molar refractivity (Wildman–Crippen MR) is 87.0 cm³/mol. The van der Waals surface area contributed by atoms with Crippen molar-refractivity contribution in [2.45, 2.75) is 25.7 Å². The van der Waals surface area contributed by atoms with Crippen LogP contribution in [0.15, 0.2) is 47.4 Å². The number of nitrogens with one attached hydrogen (secondary N) is 1. The summed E-state index contributed by atoms with van der Waals surface area (Å²) in [4.78, 5) is 23.4. The van der Waals surface area contributed by atoms with Crippen LogP contribution >= 0.6 is 0 Å². The van der Waals surface area contributed by atoms with Gasteiger partial charge in [0.2, 0.25) is 0 Å².